The van der Waals surface area contributed by atoms with Crippen molar-refractivity contribution >= 4 is 5.78 Å². The molecule has 1 fully saturated rings. The molecule has 0 N–H and O–H groups in total. The summed E-state index contributed by atoms with van der Waals surface area (Å²) >= 11 is 0. The lowest BCUT2D eigenvalue weighted by atomic mass is 10.1. The van der Waals surface area contributed by atoms with Crippen molar-refractivity contribution < 1.29 is 9.53 Å². The average molecular weight is 216 g/mol. The molecule has 0 aromatic heterocycles. The highest BCUT2D eigenvalue weighted by Crippen LogP contribution is 2.32. The zero-order valence-corrected chi connectivity index (χ0v) is 9.37. The molecule has 1 aromatic carbocycles. The Labute approximate surface area is 95.6 Å². The largest absolute Gasteiger partial charge is 0.494 e. The van der Waals surface area contributed by atoms with Gasteiger partial charge in [0.15, 0.2) is 5.78 Å². The molecule has 1 aromatic rings. The van der Waals surface area contributed by atoms with Crippen LogP contribution in [0.25, 0.3) is 0 Å². The van der Waals surface area contributed by atoms with Gasteiger partial charge in [-0.2, -0.15) is 0 Å². The first-order valence-electron chi connectivity index (χ1n) is 6.12. The smallest absolute Gasteiger partial charge is 0.163 e. The molecule has 0 spiro atoms. The fourth-order valence-corrected chi connectivity index (χ4v) is 2.27. The zero-order valence-electron chi connectivity index (χ0n) is 9.37. The van der Waals surface area contributed by atoms with Crippen molar-refractivity contribution in [2.45, 2.75) is 32.1 Å². The van der Waals surface area contributed by atoms with Gasteiger partial charge >= 0.3 is 0 Å². The summed E-state index contributed by atoms with van der Waals surface area (Å²) in [5, 5.41) is 0. The lowest BCUT2D eigenvalue weighted by Crippen LogP contribution is -1.99. The quantitative estimate of drug-likeness (QED) is 0.773. The van der Waals surface area contributed by atoms with Gasteiger partial charge in [-0.15, -0.1) is 0 Å². The fraction of sp³-hybridized carbons (Fsp3) is 0.500. The van der Waals surface area contributed by atoms with Crippen molar-refractivity contribution in [3.8, 4) is 5.75 Å². The molecule has 0 atom stereocenters. The van der Waals surface area contributed by atoms with Crippen molar-refractivity contribution in [1.29, 1.82) is 0 Å². The van der Waals surface area contributed by atoms with Crippen LogP contribution in [0.4, 0.5) is 0 Å². The second-order valence-corrected chi connectivity index (χ2v) is 4.82. The highest BCUT2D eigenvalue weighted by molar-refractivity contribution is 6.00. The minimum Gasteiger partial charge on any atom is -0.494 e. The molecule has 0 radical (unpaired) electrons. The van der Waals surface area contributed by atoms with Gasteiger partial charge in [0, 0.05) is 12.0 Å². The van der Waals surface area contributed by atoms with Crippen LogP contribution >= 0.6 is 0 Å². The van der Waals surface area contributed by atoms with Crippen LogP contribution in [-0.2, 0) is 6.42 Å². The van der Waals surface area contributed by atoms with E-state index in [9.17, 15) is 4.79 Å². The van der Waals surface area contributed by atoms with Gasteiger partial charge in [-0.05, 0) is 42.5 Å². The maximum absolute atomic E-state index is 11.4. The predicted molar refractivity (Wildman–Crippen MR) is 61.9 cm³/mol. The highest BCUT2D eigenvalue weighted by Gasteiger charge is 2.21. The van der Waals surface area contributed by atoms with Crippen molar-refractivity contribution in [1.82, 2.24) is 0 Å². The van der Waals surface area contributed by atoms with Gasteiger partial charge in [0.25, 0.3) is 0 Å². The van der Waals surface area contributed by atoms with E-state index in [0.717, 1.165) is 35.8 Å². The maximum Gasteiger partial charge on any atom is 0.163 e. The Hall–Kier alpha value is -1.31. The third-order valence-electron chi connectivity index (χ3n) is 3.49. The summed E-state index contributed by atoms with van der Waals surface area (Å²) in [5.41, 5.74) is 2.06. The number of fused-ring (bicyclic) bond motifs is 1. The van der Waals surface area contributed by atoms with E-state index < -0.39 is 0 Å². The highest BCUT2D eigenvalue weighted by atomic mass is 16.5. The minimum absolute atomic E-state index is 0.277. The Bertz CT molecular complexity index is 419. The van der Waals surface area contributed by atoms with Crippen molar-refractivity contribution in [2.75, 3.05) is 6.61 Å². The van der Waals surface area contributed by atoms with E-state index in [2.05, 4.69) is 0 Å². The van der Waals surface area contributed by atoms with Crippen molar-refractivity contribution in [3.63, 3.8) is 0 Å². The first-order valence-corrected chi connectivity index (χ1v) is 6.12. The molecule has 0 heterocycles. The molecule has 0 bridgehead atoms. The molecular formula is C14H16O2. The van der Waals surface area contributed by atoms with E-state index in [0.29, 0.717) is 6.42 Å². The van der Waals surface area contributed by atoms with Crippen LogP contribution in [0.2, 0.25) is 0 Å². The summed E-state index contributed by atoms with van der Waals surface area (Å²) in [6, 6.07) is 5.87. The number of Topliss-reactive ketones (excluding diaryl/α,β-unsaturated/α-hetero) is 1. The van der Waals surface area contributed by atoms with Crippen LogP contribution < -0.4 is 4.74 Å². The monoisotopic (exact) mass is 216 g/mol. The number of hydrogen-bond donors (Lipinski definition) is 0. The molecule has 16 heavy (non-hydrogen) atoms. The number of carbonyl (C=O) groups is 1. The van der Waals surface area contributed by atoms with Gasteiger partial charge in [-0.1, -0.05) is 12.8 Å². The predicted octanol–water partition coefficient (Wildman–Crippen LogP) is 2.99. The van der Waals surface area contributed by atoms with E-state index in [-0.39, 0.29) is 5.78 Å². The van der Waals surface area contributed by atoms with Crippen LogP contribution in [0, 0.1) is 5.92 Å². The van der Waals surface area contributed by atoms with Crippen LogP contribution in [0.5, 0.6) is 5.75 Å². The van der Waals surface area contributed by atoms with E-state index >= 15 is 0 Å². The topological polar surface area (TPSA) is 26.3 Å². The van der Waals surface area contributed by atoms with E-state index in [1.165, 1.54) is 19.3 Å². The molecule has 2 aliphatic carbocycles. The Balaban J connectivity index is 1.64. The Morgan fingerprint density at radius 1 is 1.25 bits per heavy atom. The normalized spacial score (nSPS) is 18.6. The second kappa shape index (κ2) is 3.93. The molecule has 1 saturated carbocycles. The van der Waals surface area contributed by atoms with Crippen molar-refractivity contribution in [2.24, 2.45) is 5.92 Å². The first-order chi connectivity index (χ1) is 7.83. The molecular weight excluding hydrogens is 200 g/mol. The number of aryl methyl sites for hydroxylation is 1. The van der Waals surface area contributed by atoms with Crippen LogP contribution in [-0.4, -0.2) is 12.4 Å². The number of ketones is 1. The third kappa shape index (κ3) is 1.97. The Morgan fingerprint density at radius 2 is 2.12 bits per heavy atom. The lowest BCUT2D eigenvalue weighted by molar-refractivity contribution is 0.0994. The molecule has 0 amide bonds. The number of benzene rings is 1. The first kappa shape index (κ1) is 9.88. The van der Waals surface area contributed by atoms with E-state index in [1.807, 2.05) is 18.2 Å². The van der Waals surface area contributed by atoms with Gasteiger partial charge in [0.2, 0.25) is 0 Å². The summed E-state index contributed by atoms with van der Waals surface area (Å²) in [6.07, 6.45) is 5.48. The van der Waals surface area contributed by atoms with E-state index in [1.54, 1.807) is 0 Å². The number of rotatable bonds is 4. The summed E-state index contributed by atoms with van der Waals surface area (Å²) in [5.74, 6) is 2.12. The summed E-state index contributed by atoms with van der Waals surface area (Å²) in [7, 11) is 0. The molecule has 0 saturated heterocycles. The zero-order chi connectivity index (χ0) is 11.0. The molecule has 84 valence electrons. The van der Waals surface area contributed by atoms with Gasteiger partial charge in [-0.25, -0.2) is 0 Å². The van der Waals surface area contributed by atoms with Crippen molar-refractivity contribution in [3.05, 3.63) is 29.3 Å². The number of ether oxygens (including phenoxy) is 1. The van der Waals surface area contributed by atoms with Crippen LogP contribution in [0.15, 0.2) is 18.2 Å². The van der Waals surface area contributed by atoms with E-state index in [4.69, 9.17) is 4.74 Å². The number of hydrogen-bond acceptors (Lipinski definition) is 2. The fourth-order valence-electron chi connectivity index (χ4n) is 2.27. The molecule has 2 heteroatoms. The third-order valence-corrected chi connectivity index (χ3v) is 3.49. The molecule has 0 unspecified atom stereocenters. The minimum atomic E-state index is 0.277. The summed E-state index contributed by atoms with van der Waals surface area (Å²) in [4.78, 5) is 11.4. The second-order valence-electron chi connectivity index (χ2n) is 4.82. The van der Waals surface area contributed by atoms with Gasteiger partial charge in [0.1, 0.15) is 5.75 Å². The molecule has 0 aliphatic heterocycles. The molecule has 3 rings (SSSR count). The standard InChI is InChI=1S/C14H16O2/c15-14-6-3-11-9-12(4-5-13(11)14)16-8-7-10-1-2-10/h4-5,9-10H,1-3,6-8H2. The number of carbonyl (C=O) groups excluding carboxylic acids is 1. The molecule has 2 nitrogen and oxygen atoms in total. The summed E-state index contributed by atoms with van der Waals surface area (Å²) in [6.45, 7) is 0.817. The van der Waals surface area contributed by atoms with Gasteiger partial charge in [0.05, 0.1) is 6.61 Å². The SMILES string of the molecule is O=C1CCc2cc(OCCC3CC3)ccc21. The van der Waals surface area contributed by atoms with Crippen LogP contribution in [0.1, 0.15) is 41.6 Å². The molecule has 2 aliphatic rings. The summed E-state index contributed by atoms with van der Waals surface area (Å²) < 4.78 is 5.71. The lowest BCUT2D eigenvalue weighted by Gasteiger charge is -2.07. The Kier molecular flexibility index (Phi) is 2.43. The Morgan fingerprint density at radius 3 is 2.94 bits per heavy atom. The van der Waals surface area contributed by atoms with Crippen LogP contribution in [0.3, 0.4) is 0 Å². The van der Waals surface area contributed by atoms with Gasteiger partial charge < -0.3 is 4.74 Å². The maximum atomic E-state index is 11.4. The average Bonchev–Trinajstić information content (AvgIpc) is 3.04. The van der Waals surface area contributed by atoms with Gasteiger partial charge in [-0.3, -0.25) is 4.79 Å².